The molecular weight excluding hydrogens is 368 g/mol. The number of carbonyl (C=O) groups is 1. The minimum absolute atomic E-state index is 0.00777. The zero-order valence-corrected chi connectivity index (χ0v) is 16.7. The van der Waals surface area contributed by atoms with Crippen LogP contribution in [-0.4, -0.2) is 33.8 Å². The molecule has 1 spiro atoms. The quantitative estimate of drug-likeness (QED) is 0.736. The van der Waals surface area contributed by atoms with Gasteiger partial charge in [0.15, 0.2) is 0 Å². The molecule has 7 nitrogen and oxygen atoms in total. The first-order valence-electron chi connectivity index (χ1n) is 10.4. The number of carbonyl (C=O) groups excluding carboxylic acids is 1. The van der Waals surface area contributed by atoms with Crippen LogP contribution in [0.15, 0.2) is 22.7 Å². The van der Waals surface area contributed by atoms with Gasteiger partial charge in [0.2, 0.25) is 5.91 Å². The lowest BCUT2D eigenvalue weighted by Crippen LogP contribution is -2.52. The first-order chi connectivity index (χ1) is 14.0. The summed E-state index contributed by atoms with van der Waals surface area (Å²) in [4.78, 5) is 16.9. The van der Waals surface area contributed by atoms with Gasteiger partial charge in [0.1, 0.15) is 11.6 Å². The number of benzene rings is 1. The third-order valence-corrected chi connectivity index (χ3v) is 6.86. The highest BCUT2D eigenvalue weighted by Crippen LogP contribution is 2.54. The zero-order chi connectivity index (χ0) is 19.8. The Morgan fingerprint density at radius 3 is 2.69 bits per heavy atom. The summed E-state index contributed by atoms with van der Waals surface area (Å²) in [6.45, 7) is 5.65. The third kappa shape index (κ3) is 2.50. The van der Waals surface area contributed by atoms with Crippen molar-refractivity contribution in [1.82, 2.24) is 20.0 Å². The van der Waals surface area contributed by atoms with Gasteiger partial charge in [-0.05, 0) is 50.8 Å². The van der Waals surface area contributed by atoms with E-state index in [0.29, 0.717) is 17.9 Å². The maximum atomic E-state index is 11.9. The Labute approximate surface area is 168 Å². The van der Waals surface area contributed by atoms with E-state index in [1.165, 1.54) is 0 Å². The van der Waals surface area contributed by atoms with Crippen LogP contribution in [0.4, 0.5) is 0 Å². The molecule has 4 heterocycles. The molecule has 2 aliphatic heterocycles. The van der Waals surface area contributed by atoms with Crippen LogP contribution in [0, 0.1) is 19.3 Å². The molecule has 1 aromatic carbocycles. The molecule has 0 bridgehead atoms. The van der Waals surface area contributed by atoms with Gasteiger partial charge in [-0.25, -0.2) is 4.98 Å². The van der Waals surface area contributed by atoms with Crippen LogP contribution in [0.3, 0.4) is 0 Å². The Bertz CT molecular complexity index is 1110. The topological polar surface area (TPSA) is 82.2 Å². The lowest BCUT2D eigenvalue weighted by molar-refractivity contribution is -0.174. The summed E-state index contributed by atoms with van der Waals surface area (Å²) in [7, 11) is 0. The van der Waals surface area contributed by atoms with Crippen LogP contribution in [0.2, 0.25) is 0 Å². The summed E-state index contributed by atoms with van der Waals surface area (Å²) >= 11 is 0. The van der Waals surface area contributed by atoms with Crippen LogP contribution >= 0.6 is 0 Å². The van der Waals surface area contributed by atoms with Crippen molar-refractivity contribution in [1.29, 1.82) is 0 Å². The molecule has 1 saturated carbocycles. The number of nitrogens with one attached hydrogen (secondary N) is 1. The van der Waals surface area contributed by atoms with Crippen LogP contribution < -0.4 is 5.32 Å². The van der Waals surface area contributed by atoms with Gasteiger partial charge in [-0.3, -0.25) is 4.79 Å². The van der Waals surface area contributed by atoms with E-state index >= 15 is 0 Å². The lowest BCUT2D eigenvalue weighted by atomic mass is 9.64. The molecule has 3 fully saturated rings. The van der Waals surface area contributed by atoms with Gasteiger partial charge < -0.3 is 19.1 Å². The van der Waals surface area contributed by atoms with Gasteiger partial charge >= 0.3 is 0 Å². The SMILES string of the molecule is Cc1noc(C)c1-c1ccc2c(c1)nc([C@@H]1CCC(=O)N1)n2C1CC2(COC2)C1. The lowest BCUT2D eigenvalue weighted by Gasteiger charge is -2.54. The highest BCUT2D eigenvalue weighted by atomic mass is 16.5. The highest BCUT2D eigenvalue weighted by molar-refractivity contribution is 5.84. The summed E-state index contributed by atoms with van der Waals surface area (Å²) in [6.07, 6.45) is 3.62. The van der Waals surface area contributed by atoms with E-state index in [-0.39, 0.29) is 11.9 Å². The van der Waals surface area contributed by atoms with E-state index < -0.39 is 0 Å². The molecule has 3 aromatic rings. The second-order valence-electron chi connectivity index (χ2n) is 8.96. The molecule has 1 atom stereocenters. The summed E-state index contributed by atoms with van der Waals surface area (Å²) in [5.41, 5.74) is 5.45. The normalized spacial score (nSPS) is 23.4. The number of imidazole rings is 1. The molecule has 2 saturated heterocycles. The predicted molar refractivity (Wildman–Crippen MR) is 106 cm³/mol. The van der Waals surface area contributed by atoms with Gasteiger partial charge in [0, 0.05) is 23.4 Å². The molecule has 29 heavy (non-hydrogen) atoms. The Hall–Kier alpha value is -2.67. The summed E-state index contributed by atoms with van der Waals surface area (Å²) in [5, 5.41) is 7.20. The predicted octanol–water partition coefficient (Wildman–Crippen LogP) is 3.61. The van der Waals surface area contributed by atoms with Gasteiger partial charge in [-0.2, -0.15) is 0 Å². The number of ether oxygens (including phenoxy) is 1. The second kappa shape index (κ2) is 5.92. The molecular formula is C22H24N4O3. The second-order valence-corrected chi connectivity index (χ2v) is 8.96. The van der Waals surface area contributed by atoms with Crippen molar-refractivity contribution in [2.45, 2.75) is 51.6 Å². The molecule has 1 N–H and O–H groups in total. The number of hydrogen-bond donors (Lipinski definition) is 1. The fourth-order valence-corrected chi connectivity index (χ4v) is 5.35. The van der Waals surface area contributed by atoms with Crippen molar-refractivity contribution in [3.63, 3.8) is 0 Å². The average molecular weight is 392 g/mol. The Morgan fingerprint density at radius 2 is 2.07 bits per heavy atom. The van der Waals surface area contributed by atoms with Crippen molar-refractivity contribution in [2.75, 3.05) is 13.2 Å². The fraction of sp³-hybridized carbons (Fsp3) is 0.500. The third-order valence-electron chi connectivity index (χ3n) is 6.86. The number of aryl methyl sites for hydroxylation is 2. The number of aromatic nitrogens is 3. The van der Waals surface area contributed by atoms with Crippen molar-refractivity contribution < 1.29 is 14.1 Å². The fourth-order valence-electron chi connectivity index (χ4n) is 5.35. The molecule has 1 aliphatic carbocycles. The van der Waals surface area contributed by atoms with Crippen molar-refractivity contribution >= 4 is 16.9 Å². The minimum atomic E-state index is -0.00777. The molecule has 2 aromatic heterocycles. The van der Waals surface area contributed by atoms with Crippen molar-refractivity contribution in [3.8, 4) is 11.1 Å². The zero-order valence-electron chi connectivity index (χ0n) is 16.7. The Kier molecular flexibility index (Phi) is 3.51. The van der Waals surface area contributed by atoms with Gasteiger partial charge in [0.25, 0.3) is 0 Å². The summed E-state index contributed by atoms with van der Waals surface area (Å²) in [5.74, 6) is 1.92. The number of fused-ring (bicyclic) bond motifs is 1. The van der Waals surface area contributed by atoms with E-state index in [2.05, 4.69) is 33.2 Å². The largest absolute Gasteiger partial charge is 0.380 e. The molecule has 0 unspecified atom stereocenters. The van der Waals surface area contributed by atoms with Crippen LogP contribution in [0.1, 0.15) is 55.0 Å². The van der Waals surface area contributed by atoms with Gasteiger partial charge in [-0.15, -0.1) is 0 Å². The monoisotopic (exact) mass is 392 g/mol. The van der Waals surface area contributed by atoms with E-state index in [1.807, 2.05) is 13.8 Å². The first kappa shape index (κ1) is 17.2. The smallest absolute Gasteiger partial charge is 0.220 e. The van der Waals surface area contributed by atoms with Gasteiger partial charge in [-0.1, -0.05) is 11.2 Å². The maximum absolute atomic E-state index is 11.9. The summed E-state index contributed by atoms with van der Waals surface area (Å²) < 4.78 is 13.2. The molecule has 1 amide bonds. The first-order valence-corrected chi connectivity index (χ1v) is 10.4. The average Bonchev–Trinajstić information content (AvgIpc) is 3.30. The molecule has 0 radical (unpaired) electrons. The van der Waals surface area contributed by atoms with Crippen LogP contribution in [0.5, 0.6) is 0 Å². The van der Waals surface area contributed by atoms with E-state index in [4.69, 9.17) is 14.2 Å². The maximum Gasteiger partial charge on any atom is 0.220 e. The standard InChI is InChI=1S/C22H24N4O3/c1-12-20(13(2)29-25-12)14-3-5-18-17(7-14)24-21(16-4-6-19(27)23-16)26(18)15-8-22(9-15)10-28-11-22/h3,5,7,15-16H,4,6,8-11H2,1-2H3,(H,23,27)/t16-/m0/s1. The Balaban J connectivity index is 1.46. The highest BCUT2D eigenvalue weighted by Gasteiger charge is 2.51. The Morgan fingerprint density at radius 1 is 1.24 bits per heavy atom. The van der Waals surface area contributed by atoms with E-state index in [1.54, 1.807) is 0 Å². The van der Waals surface area contributed by atoms with Crippen molar-refractivity contribution in [3.05, 3.63) is 35.5 Å². The summed E-state index contributed by atoms with van der Waals surface area (Å²) in [6, 6.07) is 6.82. The minimum Gasteiger partial charge on any atom is -0.380 e. The molecule has 150 valence electrons. The van der Waals surface area contributed by atoms with Gasteiger partial charge in [0.05, 0.1) is 36.0 Å². The number of amides is 1. The van der Waals surface area contributed by atoms with Crippen LogP contribution in [0.25, 0.3) is 22.2 Å². The van der Waals surface area contributed by atoms with Crippen LogP contribution in [-0.2, 0) is 9.53 Å². The van der Waals surface area contributed by atoms with Crippen molar-refractivity contribution in [2.24, 2.45) is 5.41 Å². The number of nitrogens with zero attached hydrogens (tertiary/aromatic N) is 3. The molecule has 6 rings (SSSR count). The van der Waals surface area contributed by atoms with E-state index in [9.17, 15) is 4.79 Å². The molecule has 7 heteroatoms. The molecule has 3 aliphatic rings. The number of hydrogen-bond acceptors (Lipinski definition) is 5. The number of rotatable bonds is 3. The van der Waals surface area contributed by atoms with E-state index in [0.717, 1.165) is 71.9 Å².